The molecule has 3 aromatic rings. The summed E-state index contributed by atoms with van der Waals surface area (Å²) in [6.45, 7) is 0. The summed E-state index contributed by atoms with van der Waals surface area (Å²) in [6, 6.07) is 15.5. The smallest absolute Gasteiger partial charge is 0.320 e. The average Bonchev–Trinajstić information content (AvgIpc) is 3.12. The van der Waals surface area contributed by atoms with Crippen molar-refractivity contribution in [2.75, 3.05) is 31.4 Å². The van der Waals surface area contributed by atoms with Crippen molar-refractivity contribution in [3.8, 4) is 11.5 Å². The maximum Gasteiger partial charge on any atom is 0.320 e. The van der Waals surface area contributed by atoms with Gasteiger partial charge in [0.2, 0.25) is 5.89 Å². The zero-order valence-electron chi connectivity index (χ0n) is 14.9. The Morgan fingerprint density at radius 2 is 1.92 bits per heavy atom. The van der Waals surface area contributed by atoms with E-state index in [9.17, 15) is 4.79 Å². The molecule has 0 spiro atoms. The van der Waals surface area contributed by atoms with Crippen LogP contribution in [0.5, 0.6) is 0 Å². The molecule has 0 atom stereocenters. The van der Waals surface area contributed by atoms with Crippen LogP contribution in [0.2, 0.25) is 0 Å². The van der Waals surface area contributed by atoms with Crippen LogP contribution in [0.4, 0.5) is 17.4 Å². The minimum atomic E-state index is -0.271. The summed E-state index contributed by atoms with van der Waals surface area (Å²) in [6.07, 6.45) is 0.240. The van der Waals surface area contributed by atoms with Gasteiger partial charge in [0.1, 0.15) is 0 Å². The van der Waals surface area contributed by atoms with Crippen LogP contribution in [0, 0.1) is 0 Å². The predicted octanol–water partition coefficient (Wildman–Crippen LogP) is 3.26. The number of ether oxygens (including phenoxy) is 1. The molecule has 0 saturated heterocycles. The number of carbonyl (C=O) groups is 1. The zero-order chi connectivity index (χ0) is 18.5. The molecule has 0 radical (unpaired) electrons. The van der Waals surface area contributed by atoms with Gasteiger partial charge in [-0.2, -0.15) is 0 Å². The van der Waals surface area contributed by atoms with Crippen LogP contribution in [0.25, 0.3) is 11.5 Å². The molecule has 0 fully saturated rings. The van der Waals surface area contributed by atoms with Gasteiger partial charge in [0.15, 0.2) is 0 Å². The van der Waals surface area contributed by atoms with E-state index in [0.717, 1.165) is 22.5 Å². The number of nitrogens with zero attached hydrogens (tertiary/aromatic N) is 3. The third-order valence-corrected chi connectivity index (χ3v) is 3.82. The van der Waals surface area contributed by atoms with Crippen molar-refractivity contribution < 1.29 is 13.9 Å². The van der Waals surface area contributed by atoms with Crippen molar-refractivity contribution in [1.82, 2.24) is 10.2 Å². The highest BCUT2D eigenvalue weighted by atomic mass is 16.5. The predicted molar refractivity (Wildman–Crippen MR) is 99.5 cm³/mol. The van der Waals surface area contributed by atoms with Crippen molar-refractivity contribution in [3.05, 3.63) is 54.1 Å². The highest BCUT2D eigenvalue weighted by Crippen LogP contribution is 2.25. The first-order chi connectivity index (χ1) is 12.5. The fourth-order valence-electron chi connectivity index (χ4n) is 2.38. The number of hydrogen-bond donors (Lipinski definition) is 1. The fourth-order valence-corrected chi connectivity index (χ4v) is 2.38. The van der Waals surface area contributed by atoms with E-state index in [4.69, 9.17) is 4.42 Å². The second-order valence-electron chi connectivity index (χ2n) is 5.93. The number of aromatic nitrogens is 2. The number of rotatable bonds is 6. The molecule has 0 unspecified atom stereocenters. The largest absolute Gasteiger partial charge is 0.469 e. The number of benzene rings is 2. The molecule has 7 nitrogen and oxygen atoms in total. The first kappa shape index (κ1) is 17.5. The maximum absolute atomic E-state index is 11.3. The van der Waals surface area contributed by atoms with Crippen molar-refractivity contribution in [2.45, 2.75) is 6.42 Å². The van der Waals surface area contributed by atoms with E-state index >= 15 is 0 Å². The molecule has 3 rings (SSSR count). The Labute approximate surface area is 151 Å². The summed E-state index contributed by atoms with van der Waals surface area (Å²) in [4.78, 5) is 13.3. The van der Waals surface area contributed by atoms with Gasteiger partial charge in [-0.1, -0.05) is 23.3 Å². The normalized spacial score (nSPS) is 10.4. The number of hydrogen-bond acceptors (Lipinski definition) is 7. The number of methoxy groups -OCH3 is 1. The summed E-state index contributed by atoms with van der Waals surface area (Å²) in [5, 5.41) is 11.2. The summed E-state index contributed by atoms with van der Waals surface area (Å²) in [5.74, 6) is 0.172. The van der Waals surface area contributed by atoms with Gasteiger partial charge in [-0.05, 0) is 35.9 Å². The molecule has 0 aliphatic heterocycles. The van der Waals surface area contributed by atoms with E-state index in [1.807, 2.05) is 67.5 Å². The molecule has 1 aromatic heterocycles. The van der Waals surface area contributed by atoms with Crippen LogP contribution in [0.1, 0.15) is 5.56 Å². The Balaban J connectivity index is 1.70. The topological polar surface area (TPSA) is 80.5 Å². The molecule has 0 aliphatic carbocycles. The van der Waals surface area contributed by atoms with Crippen molar-refractivity contribution >= 4 is 23.4 Å². The lowest BCUT2D eigenvalue weighted by Crippen LogP contribution is -2.08. The van der Waals surface area contributed by atoms with Crippen LogP contribution < -0.4 is 10.2 Å². The van der Waals surface area contributed by atoms with Crippen LogP contribution in [0.15, 0.2) is 52.9 Å². The first-order valence-corrected chi connectivity index (χ1v) is 8.09. The Bertz CT molecular complexity index is 888. The van der Waals surface area contributed by atoms with Crippen LogP contribution in [-0.2, 0) is 16.0 Å². The fraction of sp³-hybridized carbons (Fsp3) is 0.211. The van der Waals surface area contributed by atoms with E-state index in [-0.39, 0.29) is 12.4 Å². The van der Waals surface area contributed by atoms with E-state index in [2.05, 4.69) is 20.3 Å². The number of nitrogens with one attached hydrogen (secondary N) is 1. The van der Waals surface area contributed by atoms with Gasteiger partial charge in [-0.25, -0.2) is 0 Å². The van der Waals surface area contributed by atoms with E-state index < -0.39 is 0 Å². The van der Waals surface area contributed by atoms with E-state index in [1.165, 1.54) is 7.11 Å². The summed E-state index contributed by atoms with van der Waals surface area (Å²) >= 11 is 0. The lowest BCUT2D eigenvalue weighted by atomic mass is 10.1. The monoisotopic (exact) mass is 352 g/mol. The molecular weight excluding hydrogens is 332 g/mol. The Morgan fingerprint density at radius 3 is 2.62 bits per heavy atom. The highest BCUT2D eigenvalue weighted by molar-refractivity contribution is 5.72. The lowest BCUT2D eigenvalue weighted by molar-refractivity contribution is -0.139. The third-order valence-electron chi connectivity index (χ3n) is 3.82. The molecule has 0 aliphatic rings. The van der Waals surface area contributed by atoms with Gasteiger partial charge in [0.05, 0.1) is 13.5 Å². The quantitative estimate of drug-likeness (QED) is 0.682. The lowest BCUT2D eigenvalue weighted by Gasteiger charge is -2.12. The SMILES string of the molecule is COC(=O)Cc1ccc(Nc2nnc(-c3cccc(N(C)C)c3)o2)cc1. The number of esters is 1. The Hall–Kier alpha value is -3.35. The van der Waals surface area contributed by atoms with Crippen molar-refractivity contribution in [1.29, 1.82) is 0 Å². The second-order valence-corrected chi connectivity index (χ2v) is 5.93. The molecule has 134 valence electrons. The summed E-state index contributed by atoms with van der Waals surface area (Å²) in [7, 11) is 5.33. The standard InChI is InChI=1S/C19H20N4O3/c1-23(2)16-6-4-5-14(12-16)18-21-22-19(26-18)20-15-9-7-13(8-10-15)11-17(24)25-3/h4-10,12H,11H2,1-3H3,(H,20,22). The molecule has 1 N–H and O–H groups in total. The molecule has 0 amide bonds. The molecule has 0 bridgehead atoms. The third kappa shape index (κ3) is 4.18. The summed E-state index contributed by atoms with van der Waals surface area (Å²) < 4.78 is 10.4. The van der Waals surface area contributed by atoms with Crippen LogP contribution >= 0.6 is 0 Å². The van der Waals surface area contributed by atoms with Gasteiger partial charge < -0.3 is 19.4 Å². The van der Waals surface area contributed by atoms with Gasteiger partial charge in [-0.3, -0.25) is 4.79 Å². The second kappa shape index (κ2) is 7.69. The minimum Gasteiger partial charge on any atom is -0.469 e. The Morgan fingerprint density at radius 1 is 1.15 bits per heavy atom. The van der Waals surface area contributed by atoms with Gasteiger partial charge in [-0.15, -0.1) is 5.10 Å². The highest BCUT2D eigenvalue weighted by Gasteiger charge is 2.10. The van der Waals surface area contributed by atoms with Crippen molar-refractivity contribution in [2.24, 2.45) is 0 Å². The molecule has 1 heterocycles. The number of anilines is 3. The van der Waals surface area contributed by atoms with Gasteiger partial charge >= 0.3 is 12.0 Å². The van der Waals surface area contributed by atoms with Crippen molar-refractivity contribution in [3.63, 3.8) is 0 Å². The maximum atomic E-state index is 11.3. The zero-order valence-corrected chi connectivity index (χ0v) is 14.9. The molecule has 26 heavy (non-hydrogen) atoms. The molecular formula is C19H20N4O3. The Kier molecular flexibility index (Phi) is 5.17. The molecule has 0 saturated carbocycles. The van der Waals surface area contributed by atoms with Gasteiger partial charge in [0, 0.05) is 31.0 Å². The van der Waals surface area contributed by atoms with E-state index in [0.29, 0.717) is 11.9 Å². The number of carbonyl (C=O) groups excluding carboxylic acids is 1. The minimum absolute atomic E-state index is 0.240. The molecule has 2 aromatic carbocycles. The molecule has 7 heteroatoms. The van der Waals surface area contributed by atoms with E-state index in [1.54, 1.807) is 0 Å². The first-order valence-electron chi connectivity index (χ1n) is 8.09. The van der Waals surface area contributed by atoms with Crippen LogP contribution in [0.3, 0.4) is 0 Å². The average molecular weight is 352 g/mol. The summed E-state index contributed by atoms with van der Waals surface area (Å²) in [5.41, 5.74) is 3.56. The van der Waals surface area contributed by atoms with Gasteiger partial charge in [0.25, 0.3) is 0 Å². The van der Waals surface area contributed by atoms with Crippen LogP contribution in [-0.4, -0.2) is 37.4 Å².